The number of benzene rings is 1. The lowest BCUT2D eigenvalue weighted by molar-refractivity contribution is 0.414. The monoisotopic (exact) mass is 323 g/mol. The van der Waals surface area contributed by atoms with E-state index in [9.17, 15) is 0 Å². The molecule has 0 saturated carbocycles. The largest absolute Gasteiger partial charge is 0.497 e. The van der Waals surface area contributed by atoms with Gasteiger partial charge in [-0.15, -0.1) is 0 Å². The third kappa shape index (κ3) is 2.78. The first-order chi connectivity index (χ1) is 10.1. The minimum absolute atomic E-state index is 0.188. The van der Waals surface area contributed by atoms with E-state index in [1.807, 2.05) is 24.3 Å². The molecule has 0 saturated heterocycles. The SMILES string of the molecule is COc1ccc(CN2CC(C)c3c(Cl)nc(Cl)nc32)cc1. The summed E-state index contributed by atoms with van der Waals surface area (Å²) in [6.45, 7) is 3.73. The maximum atomic E-state index is 6.20. The molecule has 0 fully saturated rings. The van der Waals surface area contributed by atoms with Gasteiger partial charge in [0, 0.05) is 24.6 Å². The van der Waals surface area contributed by atoms with Gasteiger partial charge in [0.1, 0.15) is 16.7 Å². The van der Waals surface area contributed by atoms with E-state index < -0.39 is 0 Å². The van der Waals surface area contributed by atoms with Crippen LogP contribution in [0.15, 0.2) is 24.3 Å². The van der Waals surface area contributed by atoms with Crippen LogP contribution in [0.4, 0.5) is 5.82 Å². The molecule has 1 atom stereocenters. The van der Waals surface area contributed by atoms with Gasteiger partial charge in [0.15, 0.2) is 0 Å². The molecule has 6 heteroatoms. The zero-order chi connectivity index (χ0) is 15.0. The summed E-state index contributed by atoms with van der Waals surface area (Å²) < 4.78 is 5.17. The Hall–Kier alpha value is -1.52. The average Bonchev–Trinajstić information content (AvgIpc) is 2.76. The van der Waals surface area contributed by atoms with E-state index in [2.05, 4.69) is 21.8 Å². The molecule has 1 unspecified atom stereocenters. The molecule has 21 heavy (non-hydrogen) atoms. The molecule has 1 aromatic carbocycles. The molecule has 4 nitrogen and oxygen atoms in total. The van der Waals surface area contributed by atoms with Gasteiger partial charge in [-0.3, -0.25) is 0 Å². The number of halogens is 2. The Morgan fingerprint density at radius 1 is 1.24 bits per heavy atom. The van der Waals surface area contributed by atoms with Crippen molar-refractivity contribution < 1.29 is 4.74 Å². The Morgan fingerprint density at radius 3 is 2.62 bits per heavy atom. The van der Waals surface area contributed by atoms with E-state index in [4.69, 9.17) is 27.9 Å². The van der Waals surface area contributed by atoms with Crippen LogP contribution in [-0.2, 0) is 6.54 Å². The van der Waals surface area contributed by atoms with Gasteiger partial charge in [-0.25, -0.2) is 9.97 Å². The summed E-state index contributed by atoms with van der Waals surface area (Å²) in [6.07, 6.45) is 0. The van der Waals surface area contributed by atoms with Crippen molar-refractivity contribution >= 4 is 29.0 Å². The van der Waals surface area contributed by atoms with E-state index in [1.54, 1.807) is 7.11 Å². The van der Waals surface area contributed by atoms with Crippen molar-refractivity contribution in [3.63, 3.8) is 0 Å². The Balaban J connectivity index is 1.88. The normalized spacial score (nSPS) is 17.0. The van der Waals surface area contributed by atoms with Crippen LogP contribution in [-0.4, -0.2) is 23.6 Å². The number of rotatable bonds is 3. The first-order valence-corrected chi connectivity index (χ1v) is 7.45. The summed E-state index contributed by atoms with van der Waals surface area (Å²) >= 11 is 12.1. The summed E-state index contributed by atoms with van der Waals surface area (Å²) in [5.41, 5.74) is 2.16. The number of anilines is 1. The molecule has 0 radical (unpaired) electrons. The lowest BCUT2D eigenvalue weighted by atomic mass is 10.1. The van der Waals surface area contributed by atoms with Gasteiger partial charge in [-0.2, -0.15) is 0 Å². The molecule has 110 valence electrons. The van der Waals surface area contributed by atoms with Crippen molar-refractivity contribution in [2.45, 2.75) is 19.4 Å². The zero-order valence-electron chi connectivity index (χ0n) is 11.8. The van der Waals surface area contributed by atoms with Crippen LogP contribution in [0.1, 0.15) is 24.0 Å². The fraction of sp³-hybridized carbons (Fsp3) is 0.333. The molecule has 0 bridgehead atoms. The van der Waals surface area contributed by atoms with Crippen molar-refractivity contribution in [3.8, 4) is 5.75 Å². The Morgan fingerprint density at radius 2 is 1.95 bits per heavy atom. The number of ether oxygens (including phenoxy) is 1. The minimum atomic E-state index is 0.188. The van der Waals surface area contributed by atoms with Crippen molar-refractivity contribution in [2.24, 2.45) is 0 Å². The van der Waals surface area contributed by atoms with Gasteiger partial charge in [-0.05, 0) is 29.3 Å². The predicted octanol–water partition coefficient (Wildman–Crippen LogP) is 3.92. The fourth-order valence-corrected chi connectivity index (χ4v) is 3.23. The summed E-state index contributed by atoms with van der Waals surface area (Å²) in [6, 6.07) is 8.00. The second-order valence-corrected chi connectivity index (χ2v) is 5.85. The molecule has 0 spiro atoms. The van der Waals surface area contributed by atoms with Crippen LogP contribution in [0.5, 0.6) is 5.75 Å². The molecule has 2 aromatic rings. The first-order valence-electron chi connectivity index (χ1n) is 6.69. The molecule has 0 amide bonds. The predicted molar refractivity (Wildman–Crippen MR) is 84.5 cm³/mol. The van der Waals surface area contributed by atoms with Gasteiger partial charge >= 0.3 is 0 Å². The van der Waals surface area contributed by atoms with Gasteiger partial charge < -0.3 is 9.64 Å². The molecule has 0 N–H and O–H groups in total. The molecule has 0 aliphatic carbocycles. The molecule has 1 aliphatic rings. The van der Waals surface area contributed by atoms with E-state index in [1.165, 1.54) is 5.56 Å². The number of hydrogen-bond donors (Lipinski definition) is 0. The Labute approximate surface area is 133 Å². The van der Waals surface area contributed by atoms with Crippen LogP contribution in [0.2, 0.25) is 10.4 Å². The highest BCUT2D eigenvalue weighted by molar-refractivity contribution is 6.32. The molecule has 1 aromatic heterocycles. The summed E-state index contributed by atoms with van der Waals surface area (Å²) in [5.74, 6) is 1.98. The van der Waals surface area contributed by atoms with Crippen LogP contribution < -0.4 is 9.64 Å². The van der Waals surface area contributed by atoms with Crippen LogP contribution >= 0.6 is 23.2 Å². The fourth-order valence-electron chi connectivity index (χ4n) is 2.67. The molecule has 3 rings (SSSR count). The molecule has 1 aliphatic heterocycles. The zero-order valence-corrected chi connectivity index (χ0v) is 13.3. The van der Waals surface area contributed by atoms with Crippen molar-refractivity contribution in [3.05, 3.63) is 45.8 Å². The molecule has 2 heterocycles. The summed E-state index contributed by atoms with van der Waals surface area (Å²) in [7, 11) is 1.66. The van der Waals surface area contributed by atoms with E-state index in [0.29, 0.717) is 11.1 Å². The maximum Gasteiger partial charge on any atom is 0.225 e. The van der Waals surface area contributed by atoms with Gasteiger partial charge in [0.25, 0.3) is 0 Å². The summed E-state index contributed by atoms with van der Waals surface area (Å²) in [5, 5.41) is 0.641. The van der Waals surface area contributed by atoms with Crippen LogP contribution in [0.3, 0.4) is 0 Å². The quantitative estimate of drug-likeness (QED) is 0.634. The number of fused-ring (bicyclic) bond motifs is 1. The highest BCUT2D eigenvalue weighted by Gasteiger charge is 2.30. The third-order valence-corrected chi connectivity index (χ3v) is 4.13. The second-order valence-electron chi connectivity index (χ2n) is 5.15. The Bertz CT molecular complexity index is 661. The third-order valence-electron chi connectivity index (χ3n) is 3.67. The topological polar surface area (TPSA) is 38.2 Å². The molecular weight excluding hydrogens is 309 g/mol. The second kappa shape index (κ2) is 5.70. The van der Waals surface area contributed by atoms with E-state index in [0.717, 1.165) is 30.2 Å². The minimum Gasteiger partial charge on any atom is -0.497 e. The number of nitrogens with zero attached hydrogens (tertiary/aromatic N) is 3. The maximum absolute atomic E-state index is 6.20. The van der Waals surface area contributed by atoms with Gasteiger partial charge in [0.05, 0.1) is 7.11 Å². The first kappa shape index (κ1) is 14.4. The highest BCUT2D eigenvalue weighted by Crippen LogP contribution is 2.39. The lowest BCUT2D eigenvalue weighted by Crippen LogP contribution is -2.21. The van der Waals surface area contributed by atoms with Crippen LogP contribution in [0, 0.1) is 0 Å². The molecular formula is C15H15Cl2N3O. The van der Waals surface area contributed by atoms with Crippen molar-refractivity contribution in [1.29, 1.82) is 0 Å². The van der Waals surface area contributed by atoms with Gasteiger partial charge in [-0.1, -0.05) is 30.7 Å². The van der Waals surface area contributed by atoms with E-state index >= 15 is 0 Å². The van der Waals surface area contributed by atoms with Crippen molar-refractivity contribution in [2.75, 3.05) is 18.6 Å². The lowest BCUT2D eigenvalue weighted by Gasteiger charge is -2.18. The highest BCUT2D eigenvalue weighted by atomic mass is 35.5. The standard InChI is InChI=1S/C15H15Cl2N3O/c1-9-7-20(8-10-3-5-11(21-2)6-4-10)14-12(9)13(16)18-15(17)19-14/h3-6,9H,7-8H2,1-2H3. The summed E-state index contributed by atoms with van der Waals surface area (Å²) in [4.78, 5) is 10.6. The number of methoxy groups -OCH3 is 1. The Kier molecular flexibility index (Phi) is 3.91. The number of hydrogen-bond acceptors (Lipinski definition) is 4. The average molecular weight is 324 g/mol. The van der Waals surface area contributed by atoms with Crippen molar-refractivity contribution in [1.82, 2.24) is 9.97 Å². The number of aromatic nitrogens is 2. The smallest absolute Gasteiger partial charge is 0.225 e. The van der Waals surface area contributed by atoms with Crippen LogP contribution in [0.25, 0.3) is 0 Å². The van der Waals surface area contributed by atoms with Gasteiger partial charge in [0.2, 0.25) is 5.28 Å². The van der Waals surface area contributed by atoms with E-state index in [-0.39, 0.29) is 5.28 Å².